The number of amides is 1. The third-order valence-electron chi connectivity index (χ3n) is 1.54. The minimum Gasteiger partial charge on any atom is -0.351 e. The second-order valence-electron chi connectivity index (χ2n) is 2.19. The molecule has 0 atom stereocenters. The van der Waals surface area contributed by atoms with E-state index >= 15 is 0 Å². The molecule has 4 heteroatoms. The van der Waals surface area contributed by atoms with Gasteiger partial charge in [-0.3, -0.25) is 4.79 Å². The summed E-state index contributed by atoms with van der Waals surface area (Å²) in [7, 11) is 0. The number of aromatic nitrogens is 1. The number of rotatable bonds is 0. The van der Waals surface area contributed by atoms with Gasteiger partial charge >= 0.3 is 0 Å². The number of hydrogen-bond acceptors (Lipinski definition) is 1. The number of hydrogen-bond donors (Lipinski definition) is 2. The van der Waals surface area contributed by atoms with Crippen molar-refractivity contribution in [2.45, 2.75) is 6.54 Å². The lowest BCUT2D eigenvalue weighted by Crippen LogP contribution is -2.12. The van der Waals surface area contributed by atoms with Gasteiger partial charge < -0.3 is 10.3 Å². The van der Waals surface area contributed by atoms with Gasteiger partial charge in [-0.15, -0.1) is 0 Å². The summed E-state index contributed by atoms with van der Waals surface area (Å²) in [5.74, 6) is 0.0111. The number of H-pyrrole nitrogens is 1. The van der Waals surface area contributed by atoms with Crippen LogP contribution in [0.2, 0.25) is 0 Å². The lowest BCUT2D eigenvalue weighted by molar-refractivity contribution is 0.0965. The summed E-state index contributed by atoms with van der Waals surface area (Å²) in [6, 6.07) is 1.79. The Balaban J connectivity index is 2.59. The highest BCUT2D eigenvalue weighted by atomic mass is 79.9. The number of nitrogens with one attached hydrogen (secondary N) is 2. The van der Waals surface area contributed by atoms with Crippen LogP contribution in [-0.4, -0.2) is 10.9 Å². The van der Waals surface area contributed by atoms with Gasteiger partial charge in [0.1, 0.15) is 0 Å². The van der Waals surface area contributed by atoms with Gasteiger partial charge in [0, 0.05) is 5.69 Å². The van der Waals surface area contributed by atoms with Crippen molar-refractivity contribution in [1.82, 2.24) is 10.3 Å². The summed E-state index contributed by atoms with van der Waals surface area (Å²) in [6.45, 7) is 0.625. The highest BCUT2D eigenvalue weighted by molar-refractivity contribution is 9.10. The second kappa shape index (κ2) is 1.85. The molecule has 0 aromatic carbocycles. The van der Waals surface area contributed by atoms with Gasteiger partial charge in [0.2, 0.25) is 0 Å². The van der Waals surface area contributed by atoms with Crippen molar-refractivity contribution in [2.75, 3.05) is 0 Å². The number of fused-ring (bicyclic) bond motifs is 1. The maximum atomic E-state index is 10.9. The Kier molecular flexibility index (Phi) is 1.11. The first kappa shape index (κ1) is 5.97. The van der Waals surface area contributed by atoms with E-state index in [1.165, 1.54) is 0 Å². The average molecular weight is 201 g/mol. The summed E-state index contributed by atoms with van der Waals surface area (Å²) >= 11 is 3.25. The van der Waals surface area contributed by atoms with Crippen LogP contribution < -0.4 is 5.32 Å². The van der Waals surface area contributed by atoms with Gasteiger partial charge in [-0.1, -0.05) is 0 Å². The molecule has 1 aliphatic rings. The van der Waals surface area contributed by atoms with Crippen LogP contribution in [0.1, 0.15) is 16.1 Å². The van der Waals surface area contributed by atoms with E-state index in [4.69, 9.17) is 0 Å². The van der Waals surface area contributed by atoms with Crippen LogP contribution >= 0.6 is 15.9 Å². The molecule has 2 N–H and O–H groups in total. The van der Waals surface area contributed by atoms with E-state index in [9.17, 15) is 4.79 Å². The standard InChI is InChI=1S/C6H5BrN2O/c7-5-1-3-4(9-5)2-8-6(3)10/h1,9H,2H2,(H,8,10). The maximum Gasteiger partial charge on any atom is 0.253 e. The molecular weight excluding hydrogens is 196 g/mol. The monoisotopic (exact) mass is 200 g/mol. The Morgan fingerprint density at radius 2 is 2.40 bits per heavy atom. The Bertz CT molecular complexity index is 292. The molecule has 52 valence electrons. The predicted molar refractivity (Wildman–Crippen MR) is 39.7 cm³/mol. The molecule has 0 saturated carbocycles. The molecular formula is C6H5BrN2O. The molecule has 0 aliphatic carbocycles. The smallest absolute Gasteiger partial charge is 0.253 e. The molecule has 0 fully saturated rings. The Morgan fingerprint density at radius 3 is 3.10 bits per heavy atom. The van der Waals surface area contributed by atoms with E-state index in [-0.39, 0.29) is 5.91 Å². The van der Waals surface area contributed by atoms with Gasteiger partial charge in [-0.2, -0.15) is 0 Å². The zero-order valence-electron chi connectivity index (χ0n) is 5.07. The van der Waals surface area contributed by atoms with Gasteiger partial charge in [-0.05, 0) is 22.0 Å². The molecule has 1 aliphatic heterocycles. The van der Waals surface area contributed by atoms with Crippen LogP contribution in [-0.2, 0) is 6.54 Å². The number of aromatic amines is 1. The number of halogens is 1. The quantitative estimate of drug-likeness (QED) is 0.646. The second-order valence-corrected chi connectivity index (χ2v) is 3.05. The Morgan fingerprint density at radius 1 is 1.60 bits per heavy atom. The van der Waals surface area contributed by atoms with E-state index in [1.54, 1.807) is 6.07 Å². The summed E-state index contributed by atoms with van der Waals surface area (Å²) in [4.78, 5) is 13.9. The molecule has 10 heavy (non-hydrogen) atoms. The minimum absolute atomic E-state index is 0.0111. The topological polar surface area (TPSA) is 44.9 Å². The Hall–Kier alpha value is -0.770. The van der Waals surface area contributed by atoms with Crippen molar-refractivity contribution >= 4 is 21.8 Å². The predicted octanol–water partition coefficient (Wildman–Crippen LogP) is 1.02. The van der Waals surface area contributed by atoms with Crippen molar-refractivity contribution < 1.29 is 4.79 Å². The minimum atomic E-state index is 0.0111. The molecule has 0 spiro atoms. The molecule has 1 aromatic heterocycles. The average Bonchev–Trinajstić information content (AvgIpc) is 2.35. The number of carbonyl (C=O) groups excluding carboxylic acids is 1. The van der Waals surface area contributed by atoms with Crippen LogP contribution in [0.5, 0.6) is 0 Å². The van der Waals surface area contributed by atoms with Crippen LogP contribution in [0.15, 0.2) is 10.7 Å². The first-order valence-electron chi connectivity index (χ1n) is 2.93. The van der Waals surface area contributed by atoms with Crippen molar-refractivity contribution in [1.29, 1.82) is 0 Å². The molecule has 2 rings (SSSR count). The van der Waals surface area contributed by atoms with Crippen LogP contribution in [0, 0.1) is 0 Å². The first-order valence-corrected chi connectivity index (χ1v) is 3.72. The fraction of sp³-hybridized carbons (Fsp3) is 0.167. The van der Waals surface area contributed by atoms with Gasteiger partial charge in [0.25, 0.3) is 5.91 Å². The van der Waals surface area contributed by atoms with Crippen LogP contribution in [0.25, 0.3) is 0 Å². The molecule has 0 saturated heterocycles. The molecule has 3 nitrogen and oxygen atoms in total. The first-order chi connectivity index (χ1) is 4.77. The van der Waals surface area contributed by atoms with Gasteiger partial charge in [-0.25, -0.2) is 0 Å². The SMILES string of the molecule is O=C1NCc2[nH]c(Br)cc21. The molecule has 0 radical (unpaired) electrons. The molecule has 0 unspecified atom stereocenters. The highest BCUT2D eigenvalue weighted by Gasteiger charge is 2.20. The van der Waals surface area contributed by atoms with E-state index in [2.05, 4.69) is 26.2 Å². The third-order valence-corrected chi connectivity index (χ3v) is 1.96. The zero-order chi connectivity index (χ0) is 7.14. The lowest BCUT2D eigenvalue weighted by atomic mass is 10.3. The molecule has 2 heterocycles. The van der Waals surface area contributed by atoms with Crippen LogP contribution in [0.3, 0.4) is 0 Å². The van der Waals surface area contributed by atoms with E-state index in [0.29, 0.717) is 6.54 Å². The summed E-state index contributed by atoms with van der Waals surface area (Å²) < 4.78 is 0.868. The van der Waals surface area contributed by atoms with E-state index in [1.807, 2.05) is 0 Å². The molecule has 0 bridgehead atoms. The van der Waals surface area contributed by atoms with Gasteiger partial charge in [0.15, 0.2) is 0 Å². The summed E-state index contributed by atoms with van der Waals surface area (Å²) in [6.07, 6.45) is 0. The van der Waals surface area contributed by atoms with E-state index in [0.717, 1.165) is 15.9 Å². The summed E-state index contributed by atoms with van der Waals surface area (Å²) in [5, 5.41) is 2.70. The molecule has 1 aromatic rings. The highest BCUT2D eigenvalue weighted by Crippen LogP contribution is 2.19. The van der Waals surface area contributed by atoms with Crippen molar-refractivity contribution in [3.05, 3.63) is 21.9 Å². The van der Waals surface area contributed by atoms with E-state index < -0.39 is 0 Å². The van der Waals surface area contributed by atoms with Crippen molar-refractivity contribution in [3.63, 3.8) is 0 Å². The lowest BCUT2D eigenvalue weighted by Gasteiger charge is -1.87. The molecule has 1 amide bonds. The number of carbonyl (C=O) groups is 1. The van der Waals surface area contributed by atoms with Gasteiger partial charge in [0.05, 0.1) is 16.7 Å². The van der Waals surface area contributed by atoms with Crippen molar-refractivity contribution in [2.24, 2.45) is 0 Å². The normalized spacial score (nSPS) is 15.1. The zero-order valence-corrected chi connectivity index (χ0v) is 6.66. The Labute approximate surface area is 65.9 Å². The summed E-state index contributed by atoms with van der Waals surface area (Å²) in [5.41, 5.74) is 1.73. The van der Waals surface area contributed by atoms with Crippen molar-refractivity contribution in [3.8, 4) is 0 Å². The third kappa shape index (κ3) is 0.686. The van der Waals surface area contributed by atoms with Crippen LogP contribution in [0.4, 0.5) is 0 Å². The fourth-order valence-electron chi connectivity index (χ4n) is 1.07. The fourth-order valence-corrected chi connectivity index (χ4v) is 1.54. The largest absolute Gasteiger partial charge is 0.351 e. The maximum absolute atomic E-state index is 10.9.